The molecule has 2 saturated heterocycles. The Morgan fingerprint density at radius 1 is 1.18 bits per heavy atom. The van der Waals surface area contributed by atoms with Crippen molar-refractivity contribution in [2.45, 2.75) is 58.1 Å². The molecule has 2 rings (SSSR count). The van der Waals surface area contributed by atoms with E-state index in [2.05, 4.69) is 17.3 Å². The zero-order valence-electron chi connectivity index (χ0n) is 14.7. The van der Waals surface area contributed by atoms with Gasteiger partial charge in [-0.05, 0) is 79.1 Å². The van der Waals surface area contributed by atoms with Gasteiger partial charge in [-0.1, -0.05) is 0 Å². The van der Waals surface area contributed by atoms with Gasteiger partial charge >= 0.3 is 6.09 Å². The molecule has 0 aliphatic carbocycles. The van der Waals surface area contributed by atoms with Crippen molar-refractivity contribution in [1.29, 1.82) is 0 Å². The van der Waals surface area contributed by atoms with Gasteiger partial charge in [0.15, 0.2) is 0 Å². The number of carbonyl (C=O) groups excluding carboxylic acids is 1. The standard InChI is InChI=1S/C17H33N3O2/c1-17(2,3)22-16(21)20-9-5-6-14(13-20)12-18-15-7-10-19(4)11-8-15/h14-15,18H,5-13H2,1-4H3. The van der Waals surface area contributed by atoms with Crippen molar-refractivity contribution >= 4 is 6.09 Å². The number of nitrogens with zero attached hydrogens (tertiary/aromatic N) is 2. The number of amides is 1. The first kappa shape index (κ1) is 17.5. The Hall–Kier alpha value is -0.810. The number of hydrogen-bond donors (Lipinski definition) is 1. The van der Waals surface area contributed by atoms with Crippen LogP contribution in [0.3, 0.4) is 0 Å². The second kappa shape index (κ2) is 7.64. The first-order valence-corrected chi connectivity index (χ1v) is 8.73. The zero-order valence-corrected chi connectivity index (χ0v) is 14.7. The van der Waals surface area contributed by atoms with E-state index in [1.54, 1.807) is 0 Å². The van der Waals surface area contributed by atoms with Crippen LogP contribution in [0, 0.1) is 5.92 Å². The number of carbonyl (C=O) groups is 1. The Kier molecular flexibility index (Phi) is 6.09. The second-order valence-corrected chi connectivity index (χ2v) is 7.92. The van der Waals surface area contributed by atoms with Crippen LogP contribution in [0.4, 0.5) is 4.79 Å². The number of ether oxygens (including phenoxy) is 1. The number of hydrogen-bond acceptors (Lipinski definition) is 4. The van der Waals surface area contributed by atoms with E-state index in [-0.39, 0.29) is 6.09 Å². The van der Waals surface area contributed by atoms with E-state index in [0.29, 0.717) is 12.0 Å². The van der Waals surface area contributed by atoms with Crippen molar-refractivity contribution in [2.75, 3.05) is 39.8 Å². The average molecular weight is 311 g/mol. The maximum absolute atomic E-state index is 12.2. The molecule has 0 saturated carbocycles. The van der Waals surface area contributed by atoms with Crippen molar-refractivity contribution in [2.24, 2.45) is 5.92 Å². The fourth-order valence-corrected chi connectivity index (χ4v) is 3.27. The summed E-state index contributed by atoms with van der Waals surface area (Å²) in [7, 11) is 2.19. The van der Waals surface area contributed by atoms with Gasteiger partial charge in [0.05, 0.1) is 0 Å². The predicted octanol–water partition coefficient (Wildman–Crippen LogP) is 2.32. The van der Waals surface area contributed by atoms with Crippen LogP contribution in [0.25, 0.3) is 0 Å². The number of piperidine rings is 2. The lowest BCUT2D eigenvalue weighted by atomic mass is 9.97. The third-order valence-corrected chi connectivity index (χ3v) is 4.58. The maximum Gasteiger partial charge on any atom is 0.410 e. The molecule has 0 aromatic rings. The Labute approximate surface area is 135 Å². The molecule has 2 aliphatic heterocycles. The van der Waals surface area contributed by atoms with Crippen LogP contribution < -0.4 is 5.32 Å². The van der Waals surface area contributed by atoms with E-state index >= 15 is 0 Å². The summed E-state index contributed by atoms with van der Waals surface area (Å²) in [6, 6.07) is 0.646. The van der Waals surface area contributed by atoms with Crippen LogP contribution in [0.2, 0.25) is 0 Å². The highest BCUT2D eigenvalue weighted by atomic mass is 16.6. The molecule has 2 fully saturated rings. The number of rotatable bonds is 3. The summed E-state index contributed by atoms with van der Waals surface area (Å²) in [5, 5.41) is 3.71. The Morgan fingerprint density at radius 3 is 2.50 bits per heavy atom. The lowest BCUT2D eigenvalue weighted by molar-refractivity contribution is 0.0164. The molecule has 0 aromatic carbocycles. The van der Waals surface area contributed by atoms with Crippen molar-refractivity contribution in [3.63, 3.8) is 0 Å². The Morgan fingerprint density at radius 2 is 1.86 bits per heavy atom. The molecule has 5 nitrogen and oxygen atoms in total. The van der Waals surface area contributed by atoms with Crippen molar-refractivity contribution in [3.05, 3.63) is 0 Å². The van der Waals surface area contributed by atoms with E-state index in [1.165, 1.54) is 32.4 Å². The van der Waals surface area contributed by atoms with Crippen LogP contribution >= 0.6 is 0 Å². The van der Waals surface area contributed by atoms with Crippen LogP contribution in [0.5, 0.6) is 0 Å². The van der Waals surface area contributed by atoms with Gasteiger partial charge in [0.25, 0.3) is 0 Å². The highest BCUT2D eigenvalue weighted by Gasteiger charge is 2.28. The van der Waals surface area contributed by atoms with Crippen molar-refractivity contribution in [3.8, 4) is 0 Å². The molecular weight excluding hydrogens is 278 g/mol. The molecule has 2 aliphatic rings. The van der Waals surface area contributed by atoms with Crippen molar-refractivity contribution < 1.29 is 9.53 Å². The molecule has 2 heterocycles. The third-order valence-electron chi connectivity index (χ3n) is 4.58. The molecule has 5 heteroatoms. The molecule has 1 atom stereocenters. The first-order valence-electron chi connectivity index (χ1n) is 8.73. The molecule has 0 bridgehead atoms. The van der Waals surface area contributed by atoms with Gasteiger partial charge in [-0.3, -0.25) is 0 Å². The molecule has 0 aromatic heterocycles. The van der Waals surface area contributed by atoms with Crippen LogP contribution in [-0.4, -0.2) is 67.3 Å². The first-order chi connectivity index (χ1) is 10.3. The number of likely N-dealkylation sites (tertiary alicyclic amines) is 2. The minimum atomic E-state index is -0.406. The molecule has 22 heavy (non-hydrogen) atoms. The van der Waals surface area contributed by atoms with Gasteiger partial charge < -0.3 is 19.9 Å². The van der Waals surface area contributed by atoms with Gasteiger partial charge in [0.2, 0.25) is 0 Å². The van der Waals surface area contributed by atoms with E-state index < -0.39 is 5.60 Å². The topological polar surface area (TPSA) is 44.8 Å². The van der Waals surface area contributed by atoms with Crippen LogP contribution in [0.1, 0.15) is 46.5 Å². The molecule has 0 spiro atoms. The fourth-order valence-electron chi connectivity index (χ4n) is 3.27. The molecule has 0 radical (unpaired) electrons. The normalized spacial score (nSPS) is 25.3. The molecule has 1 unspecified atom stereocenters. The number of nitrogens with one attached hydrogen (secondary N) is 1. The third kappa shape index (κ3) is 5.76. The lowest BCUT2D eigenvalue weighted by Crippen LogP contribution is -2.47. The SMILES string of the molecule is CN1CCC(NCC2CCCN(C(=O)OC(C)(C)C)C2)CC1. The monoisotopic (exact) mass is 311 g/mol. The zero-order chi connectivity index (χ0) is 16.2. The van der Waals surface area contributed by atoms with Crippen LogP contribution in [0.15, 0.2) is 0 Å². The van der Waals surface area contributed by atoms with Gasteiger partial charge in [0, 0.05) is 19.1 Å². The van der Waals surface area contributed by atoms with E-state index in [1.807, 2.05) is 25.7 Å². The van der Waals surface area contributed by atoms with E-state index in [0.717, 1.165) is 26.1 Å². The summed E-state index contributed by atoms with van der Waals surface area (Å²) in [5.74, 6) is 0.556. The summed E-state index contributed by atoms with van der Waals surface area (Å²) in [6.07, 6.45) is 4.60. The Bertz CT molecular complexity index is 359. The summed E-state index contributed by atoms with van der Waals surface area (Å²) in [6.45, 7) is 10.8. The highest BCUT2D eigenvalue weighted by molar-refractivity contribution is 5.68. The van der Waals surface area contributed by atoms with Crippen molar-refractivity contribution in [1.82, 2.24) is 15.1 Å². The molecule has 1 amide bonds. The second-order valence-electron chi connectivity index (χ2n) is 7.92. The molecule has 128 valence electrons. The van der Waals surface area contributed by atoms with Gasteiger partial charge in [-0.25, -0.2) is 4.79 Å². The fraction of sp³-hybridized carbons (Fsp3) is 0.941. The summed E-state index contributed by atoms with van der Waals surface area (Å²) >= 11 is 0. The molecule has 1 N–H and O–H groups in total. The average Bonchev–Trinajstić information content (AvgIpc) is 2.45. The van der Waals surface area contributed by atoms with Gasteiger partial charge in [-0.2, -0.15) is 0 Å². The largest absolute Gasteiger partial charge is 0.444 e. The minimum Gasteiger partial charge on any atom is -0.444 e. The van der Waals surface area contributed by atoms with E-state index in [9.17, 15) is 4.79 Å². The quantitative estimate of drug-likeness (QED) is 0.869. The summed E-state index contributed by atoms with van der Waals surface area (Å²) in [4.78, 5) is 16.5. The van der Waals surface area contributed by atoms with Crippen LogP contribution in [-0.2, 0) is 4.74 Å². The highest BCUT2D eigenvalue weighted by Crippen LogP contribution is 2.19. The summed E-state index contributed by atoms with van der Waals surface area (Å²) < 4.78 is 5.49. The molecular formula is C17H33N3O2. The summed E-state index contributed by atoms with van der Waals surface area (Å²) in [5.41, 5.74) is -0.406. The van der Waals surface area contributed by atoms with Gasteiger partial charge in [-0.15, -0.1) is 0 Å². The Balaban J connectivity index is 1.72. The van der Waals surface area contributed by atoms with E-state index in [4.69, 9.17) is 4.74 Å². The predicted molar refractivity (Wildman–Crippen MR) is 89.1 cm³/mol. The lowest BCUT2D eigenvalue weighted by Gasteiger charge is -2.36. The smallest absolute Gasteiger partial charge is 0.410 e. The minimum absolute atomic E-state index is 0.156. The van der Waals surface area contributed by atoms with Gasteiger partial charge in [0.1, 0.15) is 5.60 Å². The maximum atomic E-state index is 12.2.